The van der Waals surface area contributed by atoms with Crippen LogP contribution >= 0.6 is 11.3 Å². The molecule has 2 heterocycles. The maximum atomic E-state index is 12.2. The van der Waals surface area contributed by atoms with Crippen molar-refractivity contribution >= 4 is 39.2 Å². The number of carbonyl (C=O) groups excluding carboxylic acids is 2. The molecule has 0 aliphatic rings. The summed E-state index contributed by atoms with van der Waals surface area (Å²) in [6.45, 7) is 4.12. The molecule has 0 radical (unpaired) electrons. The van der Waals surface area contributed by atoms with Crippen LogP contribution in [0.3, 0.4) is 0 Å². The van der Waals surface area contributed by atoms with E-state index in [4.69, 9.17) is 4.74 Å². The summed E-state index contributed by atoms with van der Waals surface area (Å²) in [6, 6.07) is 8.14. The number of carbonyl (C=O) groups is 2. The molecule has 0 atom stereocenters. The zero-order chi connectivity index (χ0) is 19.4. The molecule has 0 saturated carbocycles. The van der Waals surface area contributed by atoms with Crippen molar-refractivity contribution in [3.63, 3.8) is 0 Å². The number of aromatic nitrogens is 2. The Bertz CT molecular complexity index is 961. The standard InChI is InChI=1S/C19H22N4O3S/c1-12(2)23-8-7-14-15(23)5-4-6-16(14)26-10-18(25)22-19-21-13(11-27-19)9-17(24)20-3/h4-8,11-12H,9-10H2,1-3H3,(H,20,24)(H,21,22,25). The van der Waals surface area contributed by atoms with Gasteiger partial charge in [-0.15, -0.1) is 11.3 Å². The van der Waals surface area contributed by atoms with Crippen LogP contribution in [0.2, 0.25) is 0 Å². The summed E-state index contributed by atoms with van der Waals surface area (Å²) >= 11 is 1.28. The lowest BCUT2D eigenvalue weighted by atomic mass is 10.2. The van der Waals surface area contributed by atoms with E-state index in [9.17, 15) is 9.59 Å². The SMILES string of the molecule is CNC(=O)Cc1csc(NC(=O)COc2cccc3c2ccn3C(C)C)n1. The number of hydrogen-bond donors (Lipinski definition) is 2. The van der Waals surface area contributed by atoms with E-state index in [2.05, 4.69) is 34.0 Å². The fourth-order valence-electron chi connectivity index (χ4n) is 2.73. The minimum atomic E-state index is -0.295. The van der Waals surface area contributed by atoms with E-state index in [0.29, 0.717) is 22.6 Å². The molecule has 0 bridgehead atoms. The minimum Gasteiger partial charge on any atom is -0.483 e. The molecule has 0 spiro atoms. The second-order valence-electron chi connectivity index (χ2n) is 6.34. The molecule has 3 rings (SSSR count). The van der Waals surface area contributed by atoms with E-state index in [1.165, 1.54) is 11.3 Å². The Morgan fingerprint density at radius 3 is 2.81 bits per heavy atom. The Morgan fingerprint density at radius 1 is 1.26 bits per heavy atom. The lowest BCUT2D eigenvalue weighted by molar-refractivity contribution is -0.120. The van der Waals surface area contributed by atoms with Gasteiger partial charge >= 0.3 is 0 Å². The summed E-state index contributed by atoms with van der Waals surface area (Å²) in [4.78, 5) is 27.8. The molecule has 0 saturated heterocycles. The smallest absolute Gasteiger partial charge is 0.264 e. The molecule has 0 aliphatic carbocycles. The molecule has 3 aromatic rings. The third-order valence-corrected chi connectivity index (χ3v) is 4.86. The number of fused-ring (bicyclic) bond motifs is 1. The van der Waals surface area contributed by atoms with Gasteiger partial charge in [0.2, 0.25) is 5.91 Å². The monoisotopic (exact) mass is 386 g/mol. The number of nitrogens with one attached hydrogen (secondary N) is 2. The van der Waals surface area contributed by atoms with Crippen molar-refractivity contribution in [3.8, 4) is 5.75 Å². The predicted molar refractivity (Wildman–Crippen MR) is 106 cm³/mol. The molecular formula is C19H22N4O3S. The van der Waals surface area contributed by atoms with E-state index in [1.54, 1.807) is 12.4 Å². The first-order chi connectivity index (χ1) is 13.0. The Labute approximate surface area is 161 Å². The lowest BCUT2D eigenvalue weighted by Gasteiger charge is -2.11. The third kappa shape index (κ3) is 4.46. The summed E-state index contributed by atoms with van der Waals surface area (Å²) < 4.78 is 7.88. The lowest BCUT2D eigenvalue weighted by Crippen LogP contribution is -2.21. The van der Waals surface area contributed by atoms with E-state index in [0.717, 1.165) is 10.9 Å². The molecule has 27 heavy (non-hydrogen) atoms. The molecule has 0 unspecified atom stereocenters. The van der Waals surface area contributed by atoms with Gasteiger partial charge in [-0.1, -0.05) is 6.07 Å². The van der Waals surface area contributed by atoms with E-state index in [-0.39, 0.29) is 24.8 Å². The Kier molecular flexibility index (Phi) is 5.75. The van der Waals surface area contributed by atoms with E-state index >= 15 is 0 Å². The van der Waals surface area contributed by atoms with Gasteiger partial charge in [0.1, 0.15) is 5.75 Å². The largest absolute Gasteiger partial charge is 0.483 e. The summed E-state index contributed by atoms with van der Waals surface area (Å²) in [7, 11) is 1.57. The summed E-state index contributed by atoms with van der Waals surface area (Å²) in [5.41, 5.74) is 1.69. The second-order valence-corrected chi connectivity index (χ2v) is 7.19. The zero-order valence-electron chi connectivity index (χ0n) is 15.5. The van der Waals surface area contributed by atoms with Gasteiger partial charge in [0.25, 0.3) is 5.91 Å². The molecule has 2 N–H and O–H groups in total. The molecule has 0 aliphatic heterocycles. The highest BCUT2D eigenvalue weighted by atomic mass is 32.1. The molecule has 2 aromatic heterocycles. The first-order valence-electron chi connectivity index (χ1n) is 8.65. The summed E-state index contributed by atoms with van der Waals surface area (Å²) in [5.74, 6) is 0.251. The zero-order valence-corrected chi connectivity index (χ0v) is 16.3. The fourth-order valence-corrected chi connectivity index (χ4v) is 3.46. The number of amides is 2. The third-order valence-electron chi connectivity index (χ3n) is 4.06. The molecule has 0 fully saturated rings. The summed E-state index contributed by atoms with van der Waals surface area (Å²) in [6.07, 6.45) is 2.21. The number of rotatable bonds is 7. The van der Waals surface area contributed by atoms with Crippen molar-refractivity contribution in [2.24, 2.45) is 0 Å². The Balaban J connectivity index is 1.61. The first kappa shape index (κ1) is 18.9. The van der Waals surface area contributed by atoms with Gasteiger partial charge < -0.3 is 14.6 Å². The van der Waals surface area contributed by atoms with Crippen LogP contribution in [0.25, 0.3) is 10.9 Å². The van der Waals surface area contributed by atoms with Crippen molar-refractivity contribution in [2.75, 3.05) is 19.0 Å². The van der Waals surface area contributed by atoms with Gasteiger partial charge in [0, 0.05) is 30.1 Å². The van der Waals surface area contributed by atoms with Crippen LogP contribution in [0.5, 0.6) is 5.75 Å². The van der Waals surface area contributed by atoms with Crippen molar-refractivity contribution in [2.45, 2.75) is 26.3 Å². The number of nitrogens with zero attached hydrogens (tertiary/aromatic N) is 2. The van der Waals surface area contributed by atoms with Crippen LogP contribution in [-0.2, 0) is 16.0 Å². The number of hydrogen-bond acceptors (Lipinski definition) is 5. The van der Waals surface area contributed by atoms with Gasteiger partial charge in [0.05, 0.1) is 17.6 Å². The van der Waals surface area contributed by atoms with E-state index < -0.39 is 0 Å². The quantitative estimate of drug-likeness (QED) is 0.654. The van der Waals surface area contributed by atoms with Crippen LogP contribution in [0.1, 0.15) is 25.6 Å². The minimum absolute atomic E-state index is 0.115. The Hall–Kier alpha value is -2.87. The van der Waals surface area contributed by atoms with Crippen LogP contribution in [0.15, 0.2) is 35.8 Å². The molecule has 8 heteroatoms. The highest BCUT2D eigenvalue weighted by molar-refractivity contribution is 7.13. The molecule has 2 amide bonds. The number of likely N-dealkylation sites (N-methyl/N-ethyl adjacent to an activating group) is 1. The van der Waals surface area contributed by atoms with Crippen molar-refractivity contribution in [3.05, 3.63) is 41.5 Å². The fraction of sp³-hybridized carbons (Fsp3) is 0.316. The van der Waals surface area contributed by atoms with Gasteiger partial charge in [-0.2, -0.15) is 0 Å². The number of anilines is 1. The average Bonchev–Trinajstić information content (AvgIpc) is 3.26. The van der Waals surface area contributed by atoms with Gasteiger partial charge in [-0.05, 0) is 32.0 Å². The van der Waals surface area contributed by atoms with Crippen LogP contribution in [0.4, 0.5) is 5.13 Å². The predicted octanol–water partition coefficient (Wildman–Crippen LogP) is 2.98. The van der Waals surface area contributed by atoms with Crippen molar-refractivity contribution in [1.29, 1.82) is 0 Å². The molecular weight excluding hydrogens is 364 g/mol. The maximum Gasteiger partial charge on any atom is 0.264 e. The van der Waals surface area contributed by atoms with Crippen molar-refractivity contribution in [1.82, 2.24) is 14.9 Å². The van der Waals surface area contributed by atoms with Gasteiger partial charge in [-0.25, -0.2) is 4.98 Å². The van der Waals surface area contributed by atoms with Gasteiger partial charge in [-0.3, -0.25) is 14.9 Å². The average molecular weight is 386 g/mol. The van der Waals surface area contributed by atoms with Crippen LogP contribution in [-0.4, -0.2) is 35.0 Å². The maximum absolute atomic E-state index is 12.2. The van der Waals surface area contributed by atoms with E-state index in [1.807, 2.05) is 30.5 Å². The van der Waals surface area contributed by atoms with Crippen LogP contribution < -0.4 is 15.4 Å². The highest BCUT2D eigenvalue weighted by Crippen LogP contribution is 2.28. The topological polar surface area (TPSA) is 85.3 Å². The molecule has 7 nitrogen and oxygen atoms in total. The number of ether oxygens (including phenoxy) is 1. The molecule has 142 valence electrons. The number of benzene rings is 1. The highest BCUT2D eigenvalue weighted by Gasteiger charge is 2.12. The van der Waals surface area contributed by atoms with Gasteiger partial charge in [0.15, 0.2) is 11.7 Å². The normalized spacial score (nSPS) is 11.0. The second kappa shape index (κ2) is 8.22. The first-order valence-corrected chi connectivity index (χ1v) is 9.53. The van der Waals surface area contributed by atoms with Crippen LogP contribution in [0, 0.1) is 0 Å². The molecule has 1 aromatic carbocycles. The Morgan fingerprint density at radius 2 is 2.07 bits per heavy atom. The summed E-state index contributed by atoms with van der Waals surface area (Å²) in [5, 5.41) is 8.42. The number of thiazole rings is 1. The van der Waals surface area contributed by atoms with Crippen molar-refractivity contribution < 1.29 is 14.3 Å².